The highest BCUT2D eigenvalue weighted by Gasteiger charge is 2.55. The minimum atomic E-state index is -1.25. The van der Waals surface area contributed by atoms with Crippen molar-refractivity contribution in [1.82, 2.24) is 0 Å². The summed E-state index contributed by atoms with van der Waals surface area (Å²) in [5, 5.41) is 0. The fraction of sp³-hybridized carbons (Fsp3) is 0.692. The fourth-order valence-corrected chi connectivity index (χ4v) is 2.27. The van der Waals surface area contributed by atoms with Crippen molar-refractivity contribution in [3.63, 3.8) is 0 Å². The number of carbonyl (C=O) groups is 2. The third-order valence-corrected chi connectivity index (χ3v) is 3.76. The van der Waals surface area contributed by atoms with E-state index in [0.717, 1.165) is 0 Å². The molecule has 0 amide bonds. The number of rotatable bonds is 3. The summed E-state index contributed by atoms with van der Waals surface area (Å²) >= 11 is 0. The minimum absolute atomic E-state index is 0.0501. The molecule has 5 atom stereocenters. The highest BCUT2D eigenvalue weighted by molar-refractivity contribution is 5.87. The summed E-state index contributed by atoms with van der Waals surface area (Å²) in [6.07, 6.45) is 2.47. The number of hydrogen-bond acceptors (Lipinski definition) is 5. The highest BCUT2D eigenvalue weighted by atomic mass is 16.7. The lowest BCUT2D eigenvalue weighted by Gasteiger charge is -2.39. The molecule has 0 radical (unpaired) electrons. The molecule has 0 aromatic heterocycles. The summed E-state index contributed by atoms with van der Waals surface area (Å²) in [5.41, 5.74) is 0. The summed E-state index contributed by atoms with van der Waals surface area (Å²) in [6.45, 7) is 5.13. The Morgan fingerprint density at radius 1 is 1.50 bits per heavy atom. The first-order valence-corrected chi connectivity index (χ1v) is 6.08. The SMILES string of the molecule is CO[C@H](C)C(=O)O[C@]12C=C[C@@H](O1)[C@@H](C)C(=O)[C@H]2C. The maximum atomic E-state index is 12.1. The molecule has 5 heteroatoms. The zero-order valence-corrected chi connectivity index (χ0v) is 11.0. The lowest BCUT2D eigenvalue weighted by atomic mass is 9.86. The molecule has 0 aromatic carbocycles. The normalized spacial score (nSPS) is 39.8. The number of carbonyl (C=O) groups excluding carboxylic acids is 2. The molecule has 0 aliphatic carbocycles. The van der Waals surface area contributed by atoms with Gasteiger partial charge in [0.25, 0.3) is 0 Å². The summed E-state index contributed by atoms with van der Waals surface area (Å²) in [4.78, 5) is 23.9. The van der Waals surface area contributed by atoms with Crippen LogP contribution in [-0.2, 0) is 23.8 Å². The molecule has 0 N–H and O–H groups in total. The monoisotopic (exact) mass is 254 g/mol. The standard InChI is InChI=1S/C13H18O5/c1-7-10-5-6-13(17-10,8(2)11(7)14)18-12(15)9(3)16-4/h5-10H,1-4H3/t7-,8-,9-,10-,13+/m1/s1. The van der Waals surface area contributed by atoms with Crippen molar-refractivity contribution in [2.45, 2.75) is 38.8 Å². The van der Waals surface area contributed by atoms with Gasteiger partial charge in [-0.15, -0.1) is 0 Å². The topological polar surface area (TPSA) is 61.8 Å². The zero-order chi connectivity index (χ0) is 13.5. The Labute approximate surface area is 106 Å². The first-order chi connectivity index (χ1) is 8.41. The van der Waals surface area contributed by atoms with Crippen molar-refractivity contribution >= 4 is 11.8 Å². The van der Waals surface area contributed by atoms with Gasteiger partial charge in [-0.1, -0.05) is 13.0 Å². The average molecular weight is 254 g/mol. The first-order valence-electron chi connectivity index (χ1n) is 6.08. The van der Waals surface area contributed by atoms with Gasteiger partial charge in [-0.25, -0.2) is 4.79 Å². The fourth-order valence-electron chi connectivity index (χ4n) is 2.27. The third kappa shape index (κ3) is 1.87. The Morgan fingerprint density at radius 2 is 2.17 bits per heavy atom. The van der Waals surface area contributed by atoms with Crippen LogP contribution in [0.15, 0.2) is 12.2 Å². The Bertz CT molecular complexity index is 402. The molecule has 2 aliphatic rings. The zero-order valence-electron chi connectivity index (χ0n) is 11.0. The maximum absolute atomic E-state index is 12.1. The summed E-state index contributed by atoms with van der Waals surface area (Å²) in [6, 6.07) is 0. The van der Waals surface area contributed by atoms with Gasteiger partial charge in [0.05, 0.1) is 12.0 Å². The van der Waals surface area contributed by atoms with Crippen LogP contribution in [0.3, 0.4) is 0 Å². The van der Waals surface area contributed by atoms with E-state index in [9.17, 15) is 9.59 Å². The number of Topliss-reactive ketones (excluding diaryl/α,β-unsaturated/α-hetero) is 1. The van der Waals surface area contributed by atoms with Gasteiger partial charge in [-0.05, 0) is 19.9 Å². The summed E-state index contributed by atoms with van der Waals surface area (Å²) in [7, 11) is 1.43. The quantitative estimate of drug-likeness (QED) is 0.557. The molecule has 5 nitrogen and oxygen atoms in total. The lowest BCUT2D eigenvalue weighted by molar-refractivity contribution is -0.250. The van der Waals surface area contributed by atoms with Gasteiger partial charge >= 0.3 is 5.97 Å². The van der Waals surface area contributed by atoms with Crippen molar-refractivity contribution < 1.29 is 23.8 Å². The molecule has 0 aromatic rings. The van der Waals surface area contributed by atoms with Gasteiger partial charge in [0.15, 0.2) is 6.10 Å². The summed E-state index contributed by atoms with van der Waals surface area (Å²) in [5.74, 6) is -2.44. The molecule has 2 aliphatic heterocycles. The number of esters is 1. The highest BCUT2D eigenvalue weighted by Crippen LogP contribution is 2.42. The number of fused-ring (bicyclic) bond motifs is 2. The van der Waals surface area contributed by atoms with Crippen molar-refractivity contribution in [3.8, 4) is 0 Å². The van der Waals surface area contributed by atoms with Crippen molar-refractivity contribution in [2.75, 3.05) is 7.11 Å². The molecule has 1 fully saturated rings. The van der Waals surface area contributed by atoms with Gasteiger partial charge in [-0.3, -0.25) is 4.79 Å². The van der Waals surface area contributed by atoms with Gasteiger partial charge in [-0.2, -0.15) is 0 Å². The van der Waals surface area contributed by atoms with Crippen molar-refractivity contribution in [1.29, 1.82) is 0 Å². The molecular weight excluding hydrogens is 236 g/mol. The van der Waals surface area contributed by atoms with Crippen molar-refractivity contribution in [2.24, 2.45) is 11.8 Å². The van der Waals surface area contributed by atoms with E-state index in [1.165, 1.54) is 7.11 Å². The van der Waals surface area contributed by atoms with E-state index < -0.39 is 23.8 Å². The number of ether oxygens (including phenoxy) is 3. The molecule has 100 valence electrons. The number of hydrogen-bond donors (Lipinski definition) is 0. The number of methoxy groups -OCH3 is 1. The van der Waals surface area contributed by atoms with Crippen LogP contribution in [0, 0.1) is 11.8 Å². The van der Waals surface area contributed by atoms with E-state index in [1.54, 1.807) is 26.0 Å². The van der Waals surface area contributed by atoms with Gasteiger partial charge < -0.3 is 14.2 Å². The van der Waals surface area contributed by atoms with Crippen LogP contribution in [-0.4, -0.2) is 36.9 Å². The van der Waals surface area contributed by atoms with Crippen molar-refractivity contribution in [3.05, 3.63) is 12.2 Å². The van der Waals surface area contributed by atoms with Gasteiger partial charge in [0, 0.05) is 13.0 Å². The smallest absolute Gasteiger partial charge is 0.337 e. The molecular formula is C13H18O5. The molecule has 2 bridgehead atoms. The molecule has 0 unspecified atom stereocenters. The van der Waals surface area contributed by atoms with E-state index in [0.29, 0.717) is 0 Å². The Balaban J connectivity index is 2.19. The maximum Gasteiger partial charge on any atom is 0.337 e. The largest absolute Gasteiger partial charge is 0.426 e. The minimum Gasteiger partial charge on any atom is -0.426 e. The van der Waals surface area contributed by atoms with Crippen LogP contribution in [0.2, 0.25) is 0 Å². The van der Waals surface area contributed by atoms with Gasteiger partial charge in [0.1, 0.15) is 5.78 Å². The second-order valence-electron chi connectivity index (χ2n) is 4.87. The third-order valence-electron chi connectivity index (χ3n) is 3.76. The van der Waals surface area contributed by atoms with E-state index >= 15 is 0 Å². The Hall–Kier alpha value is -1.20. The van der Waals surface area contributed by atoms with Crippen LogP contribution in [0.25, 0.3) is 0 Å². The van der Waals surface area contributed by atoms with Crippen LogP contribution in [0.5, 0.6) is 0 Å². The lowest BCUT2D eigenvalue weighted by Crippen LogP contribution is -2.53. The average Bonchev–Trinajstić information content (AvgIpc) is 2.76. The van der Waals surface area contributed by atoms with Crippen LogP contribution in [0.4, 0.5) is 0 Å². The van der Waals surface area contributed by atoms with E-state index in [-0.39, 0.29) is 17.8 Å². The number of ketones is 1. The molecule has 2 rings (SSSR count). The van der Waals surface area contributed by atoms with E-state index in [2.05, 4.69) is 0 Å². The Kier molecular flexibility index (Phi) is 3.29. The van der Waals surface area contributed by atoms with E-state index in [1.807, 2.05) is 6.92 Å². The summed E-state index contributed by atoms with van der Waals surface area (Å²) < 4.78 is 16.0. The molecule has 2 heterocycles. The van der Waals surface area contributed by atoms with Crippen LogP contribution >= 0.6 is 0 Å². The molecule has 1 saturated heterocycles. The first kappa shape index (κ1) is 13.2. The van der Waals surface area contributed by atoms with Crippen LogP contribution < -0.4 is 0 Å². The predicted octanol–water partition coefficient (Wildman–Crippen LogP) is 1.07. The predicted molar refractivity (Wildman–Crippen MR) is 62.6 cm³/mol. The second kappa shape index (κ2) is 4.48. The molecule has 0 saturated carbocycles. The Morgan fingerprint density at radius 3 is 2.78 bits per heavy atom. The van der Waals surface area contributed by atoms with Gasteiger partial charge in [0.2, 0.25) is 5.79 Å². The van der Waals surface area contributed by atoms with Crippen LogP contribution in [0.1, 0.15) is 20.8 Å². The second-order valence-corrected chi connectivity index (χ2v) is 4.87. The molecule has 18 heavy (non-hydrogen) atoms. The van der Waals surface area contributed by atoms with E-state index in [4.69, 9.17) is 14.2 Å². The molecule has 0 spiro atoms.